The zero-order valence-electron chi connectivity index (χ0n) is 10.4. The molecule has 0 spiro atoms. The zero-order chi connectivity index (χ0) is 13.6. The number of benzene rings is 1. The SMILES string of the molecule is CC(C)(C#N)CCNc1ccc(OC(F)F)cc1. The monoisotopic (exact) mass is 254 g/mol. The second kappa shape index (κ2) is 6.20. The number of halogens is 2. The lowest BCUT2D eigenvalue weighted by Gasteiger charge is -2.15. The topological polar surface area (TPSA) is 45.0 Å². The molecule has 98 valence electrons. The smallest absolute Gasteiger partial charge is 0.387 e. The van der Waals surface area contributed by atoms with Crippen LogP contribution in [0.3, 0.4) is 0 Å². The maximum absolute atomic E-state index is 11.9. The van der Waals surface area contributed by atoms with Gasteiger partial charge in [0.25, 0.3) is 0 Å². The molecule has 0 aromatic heterocycles. The summed E-state index contributed by atoms with van der Waals surface area (Å²) in [6.07, 6.45) is 0.707. The third-order valence-electron chi connectivity index (χ3n) is 2.46. The van der Waals surface area contributed by atoms with Gasteiger partial charge in [-0.05, 0) is 44.5 Å². The van der Waals surface area contributed by atoms with Gasteiger partial charge in [-0.3, -0.25) is 0 Å². The summed E-state index contributed by atoms with van der Waals surface area (Å²) in [7, 11) is 0. The van der Waals surface area contributed by atoms with Gasteiger partial charge in [-0.25, -0.2) is 0 Å². The highest BCUT2D eigenvalue weighted by Gasteiger charge is 2.15. The first-order valence-electron chi connectivity index (χ1n) is 5.63. The van der Waals surface area contributed by atoms with E-state index >= 15 is 0 Å². The molecule has 0 radical (unpaired) electrons. The van der Waals surface area contributed by atoms with E-state index in [4.69, 9.17) is 5.26 Å². The Morgan fingerprint density at radius 3 is 2.44 bits per heavy atom. The van der Waals surface area contributed by atoms with E-state index in [1.54, 1.807) is 12.1 Å². The molecule has 1 N–H and O–H groups in total. The van der Waals surface area contributed by atoms with Crippen molar-refractivity contribution in [1.82, 2.24) is 0 Å². The van der Waals surface area contributed by atoms with Gasteiger partial charge in [0, 0.05) is 12.2 Å². The Morgan fingerprint density at radius 1 is 1.33 bits per heavy atom. The third kappa shape index (κ3) is 5.00. The van der Waals surface area contributed by atoms with Crippen LogP contribution in [0.1, 0.15) is 20.3 Å². The van der Waals surface area contributed by atoms with Crippen LogP contribution in [0.5, 0.6) is 5.75 Å². The largest absolute Gasteiger partial charge is 0.435 e. The first kappa shape index (κ1) is 14.2. The lowest BCUT2D eigenvalue weighted by Crippen LogP contribution is -2.14. The van der Waals surface area contributed by atoms with Gasteiger partial charge < -0.3 is 10.1 Å². The van der Waals surface area contributed by atoms with Crippen LogP contribution in [0.15, 0.2) is 24.3 Å². The highest BCUT2D eigenvalue weighted by atomic mass is 19.3. The van der Waals surface area contributed by atoms with Crippen molar-refractivity contribution in [3.63, 3.8) is 0 Å². The normalized spacial score (nSPS) is 11.1. The summed E-state index contributed by atoms with van der Waals surface area (Å²) in [6.45, 7) is 1.58. The summed E-state index contributed by atoms with van der Waals surface area (Å²) in [5.41, 5.74) is 0.441. The molecule has 0 aliphatic heterocycles. The van der Waals surface area contributed by atoms with Crippen molar-refractivity contribution >= 4 is 5.69 Å². The van der Waals surface area contributed by atoms with E-state index in [-0.39, 0.29) is 11.2 Å². The van der Waals surface area contributed by atoms with Crippen LogP contribution in [0.2, 0.25) is 0 Å². The van der Waals surface area contributed by atoms with Crippen molar-refractivity contribution in [1.29, 1.82) is 5.26 Å². The van der Waals surface area contributed by atoms with Crippen molar-refractivity contribution in [2.24, 2.45) is 5.41 Å². The quantitative estimate of drug-likeness (QED) is 0.843. The molecular weight excluding hydrogens is 238 g/mol. The number of alkyl halides is 2. The maximum Gasteiger partial charge on any atom is 0.387 e. The lowest BCUT2D eigenvalue weighted by atomic mass is 9.91. The fourth-order valence-electron chi connectivity index (χ4n) is 1.33. The minimum absolute atomic E-state index is 0.132. The van der Waals surface area contributed by atoms with Crippen LogP contribution >= 0.6 is 0 Å². The third-order valence-corrected chi connectivity index (χ3v) is 2.46. The number of ether oxygens (including phenoxy) is 1. The summed E-state index contributed by atoms with van der Waals surface area (Å²) in [5, 5.41) is 12.0. The number of hydrogen-bond donors (Lipinski definition) is 1. The molecule has 0 heterocycles. The van der Waals surface area contributed by atoms with Crippen molar-refractivity contribution in [2.45, 2.75) is 26.9 Å². The molecule has 0 fully saturated rings. The molecule has 1 rings (SSSR count). The van der Waals surface area contributed by atoms with Crippen LogP contribution in [-0.4, -0.2) is 13.2 Å². The first-order chi connectivity index (χ1) is 8.43. The van der Waals surface area contributed by atoms with E-state index in [9.17, 15) is 8.78 Å². The lowest BCUT2D eigenvalue weighted by molar-refractivity contribution is -0.0498. The van der Waals surface area contributed by atoms with Crippen molar-refractivity contribution in [3.8, 4) is 11.8 Å². The van der Waals surface area contributed by atoms with Gasteiger partial charge in [0.1, 0.15) is 5.75 Å². The number of rotatable bonds is 6. The molecule has 0 amide bonds. The van der Waals surface area contributed by atoms with Crippen molar-refractivity contribution < 1.29 is 13.5 Å². The number of nitrogens with one attached hydrogen (secondary N) is 1. The van der Waals surface area contributed by atoms with E-state index in [0.29, 0.717) is 13.0 Å². The summed E-state index contributed by atoms with van der Waals surface area (Å²) in [6, 6.07) is 8.49. The highest BCUT2D eigenvalue weighted by molar-refractivity contribution is 5.46. The predicted molar refractivity (Wildman–Crippen MR) is 65.6 cm³/mol. The van der Waals surface area contributed by atoms with Crippen LogP contribution in [0.25, 0.3) is 0 Å². The van der Waals surface area contributed by atoms with Crippen molar-refractivity contribution in [2.75, 3.05) is 11.9 Å². The van der Waals surface area contributed by atoms with E-state index in [1.807, 2.05) is 13.8 Å². The van der Waals surface area contributed by atoms with Crippen molar-refractivity contribution in [3.05, 3.63) is 24.3 Å². The van der Waals surface area contributed by atoms with E-state index in [1.165, 1.54) is 12.1 Å². The fourth-order valence-corrected chi connectivity index (χ4v) is 1.33. The van der Waals surface area contributed by atoms with Gasteiger partial charge in [0.2, 0.25) is 0 Å². The van der Waals surface area contributed by atoms with Gasteiger partial charge in [0.05, 0.1) is 11.5 Å². The average molecular weight is 254 g/mol. The Hall–Kier alpha value is -1.83. The van der Waals surface area contributed by atoms with Crippen LogP contribution in [0, 0.1) is 16.7 Å². The maximum atomic E-state index is 11.9. The Bertz CT molecular complexity index is 410. The molecule has 1 aromatic rings. The summed E-state index contributed by atoms with van der Waals surface area (Å²) < 4.78 is 28.1. The molecule has 18 heavy (non-hydrogen) atoms. The molecule has 0 saturated carbocycles. The highest BCUT2D eigenvalue weighted by Crippen LogP contribution is 2.20. The molecule has 5 heteroatoms. The molecule has 0 atom stereocenters. The number of nitriles is 1. The summed E-state index contributed by atoms with van der Waals surface area (Å²) in [5.74, 6) is 0.132. The number of hydrogen-bond acceptors (Lipinski definition) is 3. The first-order valence-corrected chi connectivity index (χ1v) is 5.63. The second-order valence-electron chi connectivity index (χ2n) is 4.58. The summed E-state index contributed by atoms with van der Waals surface area (Å²) in [4.78, 5) is 0. The average Bonchev–Trinajstić information content (AvgIpc) is 2.30. The van der Waals surface area contributed by atoms with E-state index in [2.05, 4.69) is 16.1 Å². The van der Waals surface area contributed by atoms with Gasteiger partial charge in [0.15, 0.2) is 0 Å². The standard InChI is InChI=1S/C13H16F2N2O/c1-13(2,9-16)7-8-17-10-3-5-11(6-4-10)18-12(14)15/h3-6,12,17H,7-8H2,1-2H3. The van der Waals surface area contributed by atoms with E-state index < -0.39 is 6.61 Å². The summed E-state index contributed by atoms with van der Waals surface area (Å²) >= 11 is 0. The Balaban J connectivity index is 2.43. The van der Waals surface area contributed by atoms with Crippen LogP contribution in [0.4, 0.5) is 14.5 Å². The zero-order valence-corrected chi connectivity index (χ0v) is 10.4. The molecule has 0 unspecified atom stereocenters. The van der Waals surface area contributed by atoms with Gasteiger partial charge in [-0.1, -0.05) is 0 Å². The molecule has 1 aromatic carbocycles. The predicted octanol–water partition coefficient (Wildman–Crippen LogP) is 3.64. The number of anilines is 1. The number of nitrogens with zero attached hydrogens (tertiary/aromatic N) is 1. The minimum atomic E-state index is -2.81. The van der Waals surface area contributed by atoms with Gasteiger partial charge >= 0.3 is 6.61 Å². The van der Waals surface area contributed by atoms with Gasteiger partial charge in [-0.2, -0.15) is 14.0 Å². The molecule has 0 bridgehead atoms. The Labute approximate surface area is 105 Å². The Kier molecular flexibility index (Phi) is 4.90. The molecular formula is C13H16F2N2O. The fraction of sp³-hybridized carbons (Fsp3) is 0.462. The Morgan fingerprint density at radius 2 is 1.94 bits per heavy atom. The molecule has 0 saturated heterocycles. The van der Waals surface area contributed by atoms with Crippen LogP contribution < -0.4 is 10.1 Å². The minimum Gasteiger partial charge on any atom is -0.435 e. The van der Waals surface area contributed by atoms with E-state index in [0.717, 1.165) is 5.69 Å². The molecule has 3 nitrogen and oxygen atoms in total. The molecule has 0 aliphatic rings. The second-order valence-corrected chi connectivity index (χ2v) is 4.58. The van der Waals surface area contributed by atoms with Crippen LogP contribution in [-0.2, 0) is 0 Å². The molecule has 0 aliphatic carbocycles. The van der Waals surface area contributed by atoms with Gasteiger partial charge in [-0.15, -0.1) is 0 Å².